The van der Waals surface area contributed by atoms with Gasteiger partial charge in [0.2, 0.25) is 5.91 Å². The van der Waals surface area contributed by atoms with Crippen LogP contribution in [-0.4, -0.2) is 36.0 Å². The molecule has 0 aromatic rings. The first-order chi connectivity index (χ1) is 6.05. The van der Waals surface area contributed by atoms with E-state index in [9.17, 15) is 4.79 Å². The van der Waals surface area contributed by atoms with E-state index in [2.05, 4.69) is 26.1 Å². The Labute approximate surface area is 80.5 Å². The third-order valence-corrected chi connectivity index (χ3v) is 2.42. The van der Waals surface area contributed by atoms with Crippen molar-refractivity contribution in [2.24, 2.45) is 0 Å². The summed E-state index contributed by atoms with van der Waals surface area (Å²) in [5.41, 5.74) is -0.0282. The molecule has 1 aliphatic heterocycles. The fraction of sp³-hybridized carbons (Fsp3) is 0.900. The molecule has 1 rings (SSSR count). The summed E-state index contributed by atoms with van der Waals surface area (Å²) in [5, 5.41) is 3.38. The zero-order valence-electron chi connectivity index (χ0n) is 8.89. The van der Waals surface area contributed by atoms with E-state index in [0.717, 1.165) is 26.1 Å². The van der Waals surface area contributed by atoms with Crippen LogP contribution >= 0.6 is 0 Å². The number of nitrogens with one attached hydrogen (secondary N) is 1. The van der Waals surface area contributed by atoms with Crippen LogP contribution in [0.5, 0.6) is 0 Å². The topological polar surface area (TPSA) is 32.3 Å². The summed E-state index contributed by atoms with van der Waals surface area (Å²) in [6, 6.07) is 0. The molecule has 3 nitrogen and oxygen atoms in total. The Bertz CT molecular complexity index is 189. The van der Waals surface area contributed by atoms with E-state index in [4.69, 9.17) is 0 Å². The van der Waals surface area contributed by atoms with E-state index in [-0.39, 0.29) is 11.4 Å². The molecule has 1 aliphatic rings. The highest BCUT2D eigenvalue weighted by atomic mass is 16.2. The van der Waals surface area contributed by atoms with E-state index < -0.39 is 0 Å². The molecule has 13 heavy (non-hydrogen) atoms. The zero-order chi connectivity index (χ0) is 9.90. The highest BCUT2D eigenvalue weighted by Gasteiger charge is 2.27. The van der Waals surface area contributed by atoms with Crippen molar-refractivity contribution in [3.05, 3.63) is 0 Å². The van der Waals surface area contributed by atoms with Gasteiger partial charge in [0.1, 0.15) is 0 Å². The van der Waals surface area contributed by atoms with Crippen molar-refractivity contribution in [1.82, 2.24) is 10.2 Å². The molecule has 0 bridgehead atoms. The Morgan fingerprint density at radius 2 is 2.23 bits per heavy atom. The summed E-state index contributed by atoms with van der Waals surface area (Å²) in [6.45, 7) is 8.95. The SMILES string of the molecule is CCCN1CCNC(C)(C)CC1=O. The maximum atomic E-state index is 11.7. The number of amides is 1. The summed E-state index contributed by atoms with van der Waals surface area (Å²) in [4.78, 5) is 13.7. The van der Waals surface area contributed by atoms with Crippen LogP contribution in [0.15, 0.2) is 0 Å². The lowest BCUT2D eigenvalue weighted by Crippen LogP contribution is -2.39. The number of nitrogens with zero attached hydrogens (tertiary/aromatic N) is 1. The van der Waals surface area contributed by atoms with Crippen molar-refractivity contribution < 1.29 is 4.79 Å². The Kier molecular flexibility index (Phi) is 3.31. The zero-order valence-corrected chi connectivity index (χ0v) is 8.89. The van der Waals surface area contributed by atoms with Crippen LogP contribution in [0.1, 0.15) is 33.6 Å². The average molecular weight is 184 g/mol. The lowest BCUT2D eigenvalue weighted by atomic mass is 10.0. The second kappa shape index (κ2) is 4.09. The molecule has 1 amide bonds. The molecule has 0 atom stereocenters. The predicted molar refractivity (Wildman–Crippen MR) is 53.6 cm³/mol. The first-order valence-corrected chi connectivity index (χ1v) is 5.08. The average Bonchev–Trinajstić information content (AvgIpc) is 2.11. The Morgan fingerprint density at radius 3 is 2.85 bits per heavy atom. The molecule has 76 valence electrons. The van der Waals surface area contributed by atoms with Gasteiger partial charge in [-0.15, -0.1) is 0 Å². The van der Waals surface area contributed by atoms with Gasteiger partial charge < -0.3 is 10.2 Å². The Hall–Kier alpha value is -0.570. The van der Waals surface area contributed by atoms with Gasteiger partial charge in [-0.1, -0.05) is 6.92 Å². The Balaban J connectivity index is 2.57. The molecular weight excluding hydrogens is 164 g/mol. The number of hydrogen-bond acceptors (Lipinski definition) is 2. The van der Waals surface area contributed by atoms with Gasteiger partial charge in [-0.05, 0) is 20.3 Å². The fourth-order valence-electron chi connectivity index (χ4n) is 1.71. The summed E-state index contributed by atoms with van der Waals surface area (Å²) in [7, 11) is 0. The van der Waals surface area contributed by atoms with E-state index in [0.29, 0.717) is 6.42 Å². The smallest absolute Gasteiger partial charge is 0.224 e. The summed E-state index contributed by atoms with van der Waals surface area (Å²) >= 11 is 0. The molecule has 0 unspecified atom stereocenters. The minimum absolute atomic E-state index is 0.0282. The standard InChI is InChI=1S/C10H20N2O/c1-4-6-12-7-5-11-10(2,3)8-9(12)13/h11H,4-8H2,1-3H3. The molecule has 0 aromatic carbocycles. The van der Waals surface area contributed by atoms with Gasteiger partial charge >= 0.3 is 0 Å². The van der Waals surface area contributed by atoms with E-state index >= 15 is 0 Å². The van der Waals surface area contributed by atoms with Crippen LogP contribution in [0.2, 0.25) is 0 Å². The highest BCUT2D eigenvalue weighted by molar-refractivity contribution is 5.77. The fourth-order valence-corrected chi connectivity index (χ4v) is 1.71. The normalized spacial score (nSPS) is 23.0. The second-order valence-corrected chi connectivity index (χ2v) is 4.37. The Morgan fingerprint density at radius 1 is 1.54 bits per heavy atom. The molecule has 0 spiro atoms. The van der Waals surface area contributed by atoms with Crippen molar-refractivity contribution in [1.29, 1.82) is 0 Å². The molecule has 0 aliphatic carbocycles. The van der Waals surface area contributed by atoms with E-state index in [1.165, 1.54) is 0 Å². The van der Waals surface area contributed by atoms with Crippen LogP contribution < -0.4 is 5.32 Å². The lowest BCUT2D eigenvalue weighted by molar-refractivity contribution is -0.131. The molecule has 1 heterocycles. The monoisotopic (exact) mass is 184 g/mol. The minimum atomic E-state index is -0.0282. The molecule has 3 heteroatoms. The van der Waals surface area contributed by atoms with Crippen LogP contribution in [0, 0.1) is 0 Å². The quantitative estimate of drug-likeness (QED) is 0.694. The van der Waals surface area contributed by atoms with Crippen LogP contribution in [0.4, 0.5) is 0 Å². The number of carbonyl (C=O) groups excluding carboxylic acids is 1. The third-order valence-electron chi connectivity index (χ3n) is 2.42. The van der Waals surface area contributed by atoms with E-state index in [1.807, 2.05) is 4.90 Å². The highest BCUT2D eigenvalue weighted by Crippen LogP contribution is 2.13. The first-order valence-electron chi connectivity index (χ1n) is 5.08. The maximum absolute atomic E-state index is 11.7. The van der Waals surface area contributed by atoms with Crippen LogP contribution in [0.25, 0.3) is 0 Å². The van der Waals surface area contributed by atoms with Crippen molar-refractivity contribution in [2.45, 2.75) is 39.2 Å². The third kappa shape index (κ3) is 2.99. The second-order valence-electron chi connectivity index (χ2n) is 4.37. The van der Waals surface area contributed by atoms with Gasteiger partial charge in [0.25, 0.3) is 0 Å². The molecule has 1 N–H and O–H groups in total. The molecule has 0 saturated carbocycles. The van der Waals surface area contributed by atoms with Crippen molar-refractivity contribution in [3.8, 4) is 0 Å². The van der Waals surface area contributed by atoms with Crippen LogP contribution in [0.3, 0.4) is 0 Å². The van der Waals surface area contributed by atoms with E-state index in [1.54, 1.807) is 0 Å². The van der Waals surface area contributed by atoms with Gasteiger partial charge in [-0.3, -0.25) is 4.79 Å². The number of rotatable bonds is 2. The first kappa shape index (κ1) is 10.5. The van der Waals surface area contributed by atoms with Crippen molar-refractivity contribution >= 4 is 5.91 Å². The van der Waals surface area contributed by atoms with Gasteiger partial charge in [0, 0.05) is 31.6 Å². The molecule has 0 aromatic heterocycles. The lowest BCUT2D eigenvalue weighted by Gasteiger charge is -2.22. The molecule has 0 radical (unpaired) electrons. The minimum Gasteiger partial charge on any atom is -0.341 e. The summed E-state index contributed by atoms with van der Waals surface area (Å²) in [6.07, 6.45) is 1.67. The molecular formula is C10H20N2O. The maximum Gasteiger partial charge on any atom is 0.224 e. The number of carbonyl (C=O) groups is 1. The van der Waals surface area contributed by atoms with Crippen molar-refractivity contribution in [2.75, 3.05) is 19.6 Å². The summed E-state index contributed by atoms with van der Waals surface area (Å²) < 4.78 is 0. The molecule has 1 fully saturated rings. The number of hydrogen-bond donors (Lipinski definition) is 1. The van der Waals surface area contributed by atoms with Gasteiger partial charge in [0.15, 0.2) is 0 Å². The van der Waals surface area contributed by atoms with Crippen molar-refractivity contribution in [3.63, 3.8) is 0 Å². The summed E-state index contributed by atoms with van der Waals surface area (Å²) in [5.74, 6) is 0.289. The van der Waals surface area contributed by atoms with Gasteiger partial charge in [0.05, 0.1) is 0 Å². The largest absolute Gasteiger partial charge is 0.341 e. The predicted octanol–water partition coefficient (Wildman–Crippen LogP) is 0.997. The van der Waals surface area contributed by atoms with Gasteiger partial charge in [-0.2, -0.15) is 0 Å². The van der Waals surface area contributed by atoms with Crippen LogP contribution in [-0.2, 0) is 4.79 Å². The molecule has 1 saturated heterocycles. The van der Waals surface area contributed by atoms with Gasteiger partial charge in [-0.25, -0.2) is 0 Å².